The molecule has 2 aromatic carbocycles. The molecule has 0 bridgehead atoms. The van der Waals surface area contributed by atoms with E-state index in [4.69, 9.17) is 4.74 Å². The van der Waals surface area contributed by atoms with Gasteiger partial charge in [-0.15, -0.1) is 5.10 Å². The maximum atomic E-state index is 14.1. The number of halogens is 3. The number of rotatable bonds is 10. The third kappa shape index (κ3) is 9.81. The van der Waals surface area contributed by atoms with Gasteiger partial charge in [0.25, 0.3) is 11.8 Å². The van der Waals surface area contributed by atoms with Crippen molar-refractivity contribution in [1.82, 2.24) is 29.5 Å². The van der Waals surface area contributed by atoms with Gasteiger partial charge in [-0.3, -0.25) is 14.4 Å². The topological polar surface area (TPSA) is 121 Å². The molecule has 5 rings (SSSR count). The summed E-state index contributed by atoms with van der Waals surface area (Å²) in [4.78, 5) is 26.0. The number of amides is 1. The van der Waals surface area contributed by atoms with E-state index >= 15 is 0 Å². The van der Waals surface area contributed by atoms with Crippen LogP contribution in [0.3, 0.4) is 0 Å². The molecule has 1 aliphatic heterocycles. The van der Waals surface area contributed by atoms with Gasteiger partial charge in [0.15, 0.2) is 0 Å². The summed E-state index contributed by atoms with van der Waals surface area (Å²) < 4.78 is 49.2. The fourth-order valence-electron chi connectivity index (χ4n) is 5.26. The lowest BCUT2D eigenvalue weighted by Crippen LogP contribution is -2.44. The number of aromatic nitrogens is 4. The molecule has 3 N–H and O–H groups in total. The van der Waals surface area contributed by atoms with Gasteiger partial charge in [0.2, 0.25) is 5.95 Å². The Bertz CT molecular complexity index is 1870. The molecule has 50 heavy (non-hydrogen) atoms. The van der Waals surface area contributed by atoms with Crippen LogP contribution in [0.5, 0.6) is 5.88 Å². The Morgan fingerprint density at radius 2 is 1.76 bits per heavy atom. The first-order valence-electron chi connectivity index (χ1n) is 16.1. The number of hydrogen-bond donors (Lipinski definition) is 3. The van der Waals surface area contributed by atoms with Gasteiger partial charge in [0, 0.05) is 68.5 Å². The summed E-state index contributed by atoms with van der Waals surface area (Å²) in [7, 11) is 3.50. The number of anilines is 3. The van der Waals surface area contributed by atoms with Crippen molar-refractivity contribution in [3.8, 4) is 17.7 Å². The molecular weight excluding hydrogens is 649 g/mol. The summed E-state index contributed by atoms with van der Waals surface area (Å²) in [5.41, 5.74) is 1.36. The van der Waals surface area contributed by atoms with Crippen molar-refractivity contribution >= 4 is 23.2 Å². The van der Waals surface area contributed by atoms with Crippen LogP contribution >= 0.6 is 0 Å². The molecule has 264 valence electrons. The minimum absolute atomic E-state index is 0.0579. The van der Waals surface area contributed by atoms with Crippen molar-refractivity contribution in [3.63, 3.8) is 0 Å². The predicted molar refractivity (Wildman–Crippen MR) is 184 cm³/mol. The van der Waals surface area contributed by atoms with Crippen molar-refractivity contribution in [3.05, 3.63) is 88.4 Å². The Morgan fingerprint density at radius 1 is 1.04 bits per heavy atom. The average Bonchev–Trinajstić information content (AvgIpc) is 3.46. The fourth-order valence-corrected chi connectivity index (χ4v) is 5.26. The first-order valence-corrected chi connectivity index (χ1v) is 16.1. The van der Waals surface area contributed by atoms with Crippen LogP contribution in [0, 0.1) is 18.8 Å². The van der Waals surface area contributed by atoms with Crippen LogP contribution in [0.2, 0.25) is 0 Å². The highest BCUT2D eigenvalue weighted by atomic mass is 19.4. The quantitative estimate of drug-likeness (QED) is 0.190. The molecule has 0 spiro atoms. The molecule has 1 saturated heterocycles. The lowest BCUT2D eigenvalue weighted by molar-refractivity contribution is -0.138. The van der Waals surface area contributed by atoms with Gasteiger partial charge >= 0.3 is 6.18 Å². The highest BCUT2D eigenvalue weighted by Crippen LogP contribution is 2.35. The van der Waals surface area contributed by atoms with Crippen molar-refractivity contribution in [2.45, 2.75) is 52.1 Å². The molecule has 1 fully saturated rings. The third-order valence-corrected chi connectivity index (χ3v) is 8.28. The van der Waals surface area contributed by atoms with Gasteiger partial charge in [0.05, 0.1) is 30.0 Å². The van der Waals surface area contributed by atoms with E-state index in [9.17, 15) is 23.1 Å². The Kier molecular flexibility index (Phi) is 11.1. The minimum Gasteiger partial charge on any atom is -0.478 e. The Labute approximate surface area is 289 Å². The second-order valence-electron chi connectivity index (χ2n) is 13.0. The average molecular weight is 691 g/mol. The van der Waals surface area contributed by atoms with Gasteiger partial charge in [0.1, 0.15) is 5.69 Å². The summed E-state index contributed by atoms with van der Waals surface area (Å²) in [6.45, 7) is 8.96. The van der Waals surface area contributed by atoms with E-state index < -0.39 is 23.2 Å². The van der Waals surface area contributed by atoms with E-state index in [0.717, 1.165) is 24.7 Å². The largest absolute Gasteiger partial charge is 0.478 e. The molecule has 3 heterocycles. The highest BCUT2D eigenvalue weighted by Gasteiger charge is 2.34. The number of methoxy groups -OCH3 is 1. The van der Waals surface area contributed by atoms with Gasteiger partial charge in [-0.05, 0) is 69.6 Å². The number of ether oxygens (including phenoxy) is 1. The smallest absolute Gasteiger partial charge is 0.416 e. The van der Waals surface area contributed by atoms with Gasteiger partial charge in [-0.2, -0.15) is 13.2 Å². The van der Waals surface area contributed by atoms with E-state index in [1.165, 1.54) is 19.2 Å². The normalized spacial score (nSPS) is 14.2. The van der Waals surface area contributed by atoms with Crippen LogP contribution in [0.1, 0.15) is 58.4 Å². The number of carbonyl (C=O) groups is 1. The van der Waals surface area contributed by atoms with Crippen LogP contribution < -0.4 is 15.4 Å². The van der Waals surface area contributed by atoms with Crippen LogP contribution in [-0.4, -0.2) is 86.5 Å². The van der Waals surface area contributed by atoms with E-state index in [1.54, 1.807) is 55.3 Å². The highest BCUT2D eigenvalue weighted by molar-refractivity contribution is 6.04. The number of benzene rings is 2. The molecule has 0 atom stereocenters. The molecule has 0 aliphatic carbocycles. The molecule has 1 amide bonds. The number of piperazine rings is 1. The van der Waals surface area contributed by atoms with Crippen LogP contribution in [0.4, 0.5) is 30.5 Å². The van der Waals surface area contributed by atoms with Crippen LogP contribution in [0.25, 0.3) is 0 Å². The van der Waals surface area contributed by atoms with E-state index in [2.05, 4.69) is 42.4 Å². The number of alkyl halides is 3. The molecular formula is C36H41F3N8O3. The zero-order chi connectivity index (χ0) is 36.1. The lowest BCUT2D eigenvalue weighted by atomic mass is 10.0. The van der Waals surface area contributed by atoms with Crippen molar-refractivity contribution in [2.24, 2.45) is 0 Å². The van der Waals surface area contributed by atoms with E-state index in [-0.39, 0.29) is 23.4 Å². The minimum atomic E-state index is -4.57. The number of carbonyl (C=O) groups excluding carboxylic acids is 1. The van der Waals surface area contributed by atoms with Gasteiger partial charge < -0.3 is 25.4 Å². The molecule has 0 unspecified atom stereocenters. The maximum absolute atomic E-state index is 14.1. The Balaban J connectivity index is 1.25. The van der Waals surface area contributed by atoms with Crippen molar-refractivity contribution in [2.75, 3.05) is 51.0 Å². The van der Waals surface area contributed by atoms with Crippen LogP contribution in [0.15, 0.2) is 55.0 Å². The zero-order valence-electron chi connectivity index (χ0n) is 28.7. The SMILES string of the molecule is COc1nn(CCC(C)(C)O)cc1Nc1ncc(C#Cc2cc(C(=O)Nc3ccc(CN4CCN(C)CC4)c(C(F)(F)F)c3)ccc2C)cn1. The van der Waals surface area contributed by atoms with E-state index in [0.29, 0.717) is 54.7 Å². The Hall–Kier alpha value is -4.97. The predicted octanol–water partition coefficient (Wildman–Crippen LogP) is 5.31. The molecule has 1 aliphatic rings. The molecule has 4 aromatic rings. The lowest BCUT2D eigenvalue weighted by Gasteiger charge is -2.33. The summed E-state index contributed by atoms with van der Waals surface area (Å²) in [5, 5.41) is 20.1. The number of hydrogen-bond acceptors (Lipinski definition) is 9. The molecule has 0 radical (unpaired) electrons. The van der Waals surface area contributed by atoms with Crippen LogP contribution in [-0.2, 0) is 19.3 Å². The summed E-state index contributed by atoms with van der Waals surface area (Å²) in [6.07, 6.45) is 0.771. The Morgan fingerprint density at radius 3 is 2.42 bits per heavy atom. The van der Waals surface area contributed by atoms with Gasteiger partial charge in [-0.25, -0.2) is 9.97 Å². The number of nitrogens with zero attached hydrogens (tertiary/aromatic N) is 6. The summed E-state index contributed by atoms with van der Waals surface area (Å²) >= 11 is 0. The summed E-state index contributed by atoms with van der Waals surface area (Å²) in [5.74, 6) is 6.14. The number of nitrogens with one attached hydrogen (secondary N) is 2. The first-order chi connectivity index (χ1) is 23.7. The fraction of sp³-hybridized carbons (Fsp3) is 0.389. The second kappa shape index (κ2) is 15.3. The number of likely N-dealkylation sites (N-methyl/N-ethyl adjacent to an activating group) is 1. The van der Waals surface area contributed by atoms with Crippen molar-refractivity contribution in [1.29, 1.82) is 0 Å². The third-order valence-electron chi connectivity index (χ3n) is 8.28. The maximum Gasteiger partial charge on any atom is 0.416 e. The molecule has 0 saturated carbocycles. The monoisotopic (exact) mass is 690 g/mol. The number of aliphatic hydroxyl groups is 1. The molecule has 2 aromatic heterocycles. The number of aryl methyl sites for hydroxylation is 2. The molecule has 11 nitrogen and oxygen atoms in total. The van der Waals surface area contributed by atoms with Crippen molar-refractivity contribution < 1.29 is 27.8 Å². The van der Waals surface area contributed by atoms with Gasteiger partial charge in [-0.1, -0.05) is 24.0 Å². The van der Waals surface area contributed by atoms with E-state index in [1.807, 2.05) is 18.9 Å². The first kappa shape index (κ1) is 36.3. The molecule has 14 heteroatoms. The zero-order valence-corrected chi connectivity index (χ0v) is 28.7. The summed E-state index contributed by atoms with van der Waals surface area (Å²) in [6, 6.07) is 8.88. The second-order valence-corrected chi connectivity index (χ2v) is 13.0. The standard InChI is InChI=1S/C36H41F3N8O3/c1-24-6-8-27(32(48)42-29-11-10-28(30(19-29)36(37,38)39)22-46-16-14-45(4)15-17-46)18-26(24)9-7-25-20-40-34(41-21-25)43-31-23-47(44-33(31)50-5)13-12-35(2,3)49/h6,8,10-11,18-21,23,49H,12-17,22H2,1-5H3,(H,42,48)(H,40,41,43).